The Morgan fingerprint density at radius 2 is 1.47 bits per heavy atom. The van der Waals surface area contributed by atoms with Crippen LogP contribution in [0, 0.1) is 0 Å². The molecule has 6 aromatic rings. The highest BCUT2D eigenvalue weighted by Gasteiger charge is 2.34. The number of H-pyrrole nitrogens is 1. The van der Waals surface area contributed by atoms with Gasteiger partial charge in [-0.2, -0.15) is 9.50 Å². The van der Waals surface area contributed by atoms with E-state index in [9.17, 15) is 0 Å². The van der Waals surface area contributed by atoms with Crippen molar-refractivity contribution in [2.24, 2.45) is 5.73 Å². The second kappa shape index (κ2) is 8.03. The Morgan fingerprint density at radius 1 is 0.750 bits per heavy atom. The van der Waals surface area contributed by atoms with Crippen molar-refractivity contribution in [2.75, 3.05) is 0 Å². The first-order chi connectivity index (χ1) is 17.7. The van der Waals surface area contributed by atoms with Crippen LogP contribution in [0.25, 0.3) is 50.7 Å². The second-order valence-electron chi connectivity index (χ2n) is 9.42. The van der Waals surface area contributed by atoms with E-state index in [2.05, 4.69) is 51.6 Å². The minimum absolute atomic E-state index is 0.192. The van der Waals surface area contributed by atoms with Gasteiger partial charge in [0, 0.05) is 40.7 Å². The summed E-state index contributed by atoms with van der Waals surface area (Å²) in [4.78, 5) is 14.5. The second-order valence-corrected chi connectivity index (χ2v) is 9.42. The van der Waals surface area contributed by atoms with E-state index in [0.29, 0.717) is 0 Å². The zero-order valence-corrected chi connectivity index (χ0v) is 19.6. The van der Waals surface area contributed by atoms with Crippen LogP contribution in [0.4, 0.5) is 0 Å². The molecule has 4 aromatic heterocycles. The fraction of sp³-hybridized carbons (Fsp3) is 0.138. The lowest BCUT2D eigenvalue weighted by Gasteiger charge is -2.38. The minimum Gasteiger partial charge on any atom is -0.321 e. The third-order valence-electron chi connectivity index (χ3n) is 7.21. The van der Waals surface area contributed by atoms with E-state index in [1.54, 1.807) is 12.4 Å². The first-order valence-corrected chi connectivity index (χ1v) is 12.2. The average Bonchev–Trinajstić information content (AvgIpc) is 3.37. The van der Waals surface area contributed by atoms with Crippen LogP contribution in [-0.4, -0.2) is 25.1 Å². The van der Waals surface area contributed by atoms with Crippen LogP contribution in [0.1, 0.15) is 24.8 Å². The van der Waals surface area contributed by atoms with E-state index >= 15 is 0 Å². The molecule has 36 heavy (non-hydrogen) atoms. The number of nitrogens with zero attached hydrogens (tertiary/aromatic N) is 5. The Bertz CT molecular complexity index is 1700. The summed E-state index contributed by atoms with van der Waals surface area (Å²) < 4.78 is 2.02. The normalized spacial score (nSPS) is 14.7. The Kier molecular flexibility index (Phi) is 4.65. The number of aromatic amines is 1. The first kappa shape index (κ1) is 20.8. The Labute approximate surface area is 207 Å². The highest BCUT2D eigenvalue weighted by molar-refractivity contribution is 5.84. The van der Waals surface area contributed by atoms with Crippen LogP contribution in [0.3, 0.4) is 0 Å². The SMILES string of the molecule is NC1(c2ccc(-c3nc4ccc5[nH]nc(-c6ccncc6)[n+]5c4nc3-c3ccccc3)cc2)CCC1. The molecule has 1 aliphatic rings. The summed E-state index contributed by atoms with van der Waals surface area (Å²) in [5.41, 5.74) is 14.6. The number of nitrogens with two attached hydrogens (primary N) is 1. The summed E-state index contributed by atoms with van der Waals surface area (Å²) in [6.45, 7) is 0. The summed E-state index contributed by atoms with van der Waals surface area (Å²) in [7, 11) is 0. The van der Waals surface area contributed by atoms with Gasteiger partial charge in [-0.1, -0.05) is 54.6 Å². The fourth-order valence-corrected chi connectivity index (χ4v) is 5.02. The highest BCUT2D eigenvalue weighted by atomic mass is 15.3. The monoisotopic (exact) mass is 470 g/mol. The standard InChI is InChI=1S/C29H23N7/c30-29(15-4-16-29)22-9-7-20(8-10-22)25-26(19-5-2-1-3-6-19)33-28-23(32-25)11-12-24-34-35-27(36(24)28)21-13-17-31-18-14-21/h1-3,5-14,17-18H,4,15-16,30H2/p+1. The van der Waals surface area contributed by atoms with Gasteiger partial charge in [-0.05, 0) is 48.1 Å². The van der Waals surface area contributed by atoms with Crippen molar-refractivity contribution in [3.05, 3.63) is 96.8 Å². The molecule has 3 N–H and O–H groups in total. The molecule has 0 saturated heterocycles. The van der Waals surface area contributed by atoms with Gasteiger partial charge in [0.1, 0.15) is 11.2 Å². The number of hydrogen-bond acceptors (Lipinski definition) is 5. The molecule has 0 spiro atoms. The molecule has 0 radical (unpaired) electrons. The van der Waals surface area contributed by atoms with E-state index < -0.39 is 0 Å². The van der Waals surface area contributed by atoms with Gasteiger partial charge < -0.3 is 5.73 Å². The molecule has 0 bridgehead atoms. The van der Waals surface area contributed by atoms with Crippen molar-refractivity contribution >= 4 is 16.8 Å². The number of fused-ring (bicyclic) bond motifs is 3. The Balaban J connectivity index is 1.47. The number of aromatic nitrogens is 6. The molecular weight excluding hydrogens is 446 g/mol. The van der Waals surface area contributed by atoms with Crippen LogP contribution in [0.2, 0.25) is 0 Å². The van der Waals surface area contributed by atoms with Gasteiger partial charge >= 0.3 is 0 Å². The Morgan fingerprint density at radius 3 is 2.19 bits per heavy atom. The molecule has 0 atom stereocenters. The van der Waals surface area contributed by atoms with E-state index in [1.165, 1.54) is 12.0 Å². The lowest BCUT2D eigenvalue weighted by molar-refractivity contribution is -0.471. The lowest BCUT2D eigenvalue weighted by Crippen LogP contribution is -2.43. The van der Waals surface area contributed by atoms with Gasteiger partial charge in [0.25, 0.3) is 11.5 Å². The third-order valence-corrected chi connectivity index (χ3v) is 7.21. The van der Waals surface area contributed by atoms with E-state index in [0.717, 1.165) is 63.6 Å². The maximum atomic E-state index is 6.57. The molecular formula is C29H24N7+. The molecule has 7 nitrogen and oxygen atoms in total. The van der Waals surface area contributed by atoms with Crippen LogP contribution in [0.5, 0.6) is 0 Å². The molecule has 1 fully saturated rings. The van der Waals surface area contributed by atoms with Crippen molar-refractivity contribution in [2.45, 2.75) is 24.8 Å². The largest absolute Gasteiger partial charge is 0.321 e. The number of pyridine rings is 2. The Hall–Kier alpha value is -4.49. The molecule has 0 amide bonds. The van der Waals surface area contributed by atoms with E-state index in [1.807, 2.05) is 46.9 Å². The number of hydrogen-bond donors (Lipinski definition) is 2. The topological polar surface area (TPSA) is 97.5 Å². The summed E-state index contributed by atoms with van der Waals surface area (Å²) in [6, 6.07) is 26.6. The van der Waals surface area contributed by atoms with Crippen molar-refractivity contribution < 1.29 is 4.40 Å². The van der Waals surface area contributed by atoms with Crippen LogP contribution >= 0.6 is 0 Å². The maximum absolute atomic E-state index is 6.57. The summed E-state index contributed by atoms with van der Waals surface area (Å²) in [5.74, 6) is 0.761. The summed E-state index contributed by atoms with van der Waals surface area (Å²) in [5, 5.41) is 7.70. The van der Waals surface area contributed by atoms with Crippen molar-refractivity contribution in [1.29, 1.82) is 0 Å². The molecule has 1 aliphatic carbocycles. The molecule has 1 saturated carbocycles. The van der Waals surface area contributed by atoms with E-state index in [4.69, 9.17) is 15.7 Å². The van der Waals surface area contributed by atoms with Gasteiger partial charge in [0.15, 0.2) is 5.69 Å². The predicted octanol–water partition coefficient (Wildman–Crippen LogP) is 4.83. The number of benzene rings is 2. The molecule has 7 rings (SSSR count). The number of nitrogens with one attached hydrogen (secondary N) is 1. The zero-order valence-electron chi connectivity index (χ0n) is 19.6. The van der Waals surface area contributed by atoms with Crippen molar-refractivity contribution in [3.8, 4) is 33.9 Å². The van der Waals surface area contributed by atoms with Gasteiger partial charge in [-0.25, -0.2) is 4.98 Å². The van der Waals surface area contributed by atoms with Crippen LogP contribution < -0.4 is 10.1 Å². The summed E-state index contributed by atoms with van der Waals surface area (Å²) in [6.07, 6.45) is 6.79. The van der Waals surface area contributed by atoms with Gasteiger partial charge in [-0.15, -0.1) is 4.98 Å². The van der Waals surface area contributed by atoms with Crippen LogP contribution in [0.15, 0.2) is 91.3 Å². The zero-order chi connectivity index (χ0) is 24.1. The lowest BCUT2D eigenvalue weighted by atomic mass is 9.72. The first-order valence-electron chi connectivity index (χ1n) is 12.2. The predicted molar refractivity (Wildman–Crippen MR) is 139 cm³/mol. The van der Waals surface area contributed by atoms with Gasteiger partial charge in [-0.3, -0.25) is 4.98 Å². The molecule has 0 unspecified atom stereocenters. The minimum atomic E-state index is -0.192. The van der Waals surface area contributed by atoms with Crippen molar-refractivity contribution in [3.63, 3.8) is 0 Å². The van der Waals surface area contributed by atoms with Gasteiger partial charge in [0.05, 0.1) is 0 Å². The van der Waals surface area contributed by atoms with E-state index in [-0.39, 0.29) is 5.54 Å². The molecule has 2 aromatic carbocycles. The molecule has 4 heterocycles. The molecule has 7 heteroatoms. The third kappa shape index (κ3) is 3.28. The fourth-order valence-electron chi connectivity index (χ4n) is 5.02. The molecule has 174 valence electrons. The maximum Gasteiger partial charge on any atom is 0.279 e. The van der Waals surface area contributed by atoms with Crippen LogP contribution in [-0.2, 0) is 5.54 Å². The average molecular weight is 471 g/mol. The van der Waals surface area contributed by atoms with Crippen molar-refractivity contribution in [1.82, 2.24) is 25.1 Å². The number of rotatable bonds is 4. The summed E-state index contributed by atoms with van der Waals surface area (Å²) >= 11 is 0. The molecule has 0 aliphatic heterocycles. The smallest absolute Gasteiger partial charge is 0.279 e. The van der Waals surface area contributed by atoms with Gasteiger partial charge in [0.2, 0.25) is 5.65 Å². The quantitative estimate of drug-likeness (QED) is 0.360. The highest BCUT2D eigenvalue weighted by Crippen LogP contribution is 2.39.